The number of hydrogen-bond acceptors (Lipinski definition) is 6. The number of aliphatic hydroxyl groups is 1. The number of fused-ring (bicyclic) bond motifs is 1. The fraction of sp³-hybridized carbons (Fsp3) is 0.536. The van der Waals surface area contributed by atoms with Gasteiger partial charge in [-0.25, -0.2) is 0 Å². The molecule has 1 aromatic carbocycles. The molecule has 0 saturated carbocycles. The summed E-state index contributed by atoms with van der Waals surface area (Å²) >= 11 is 6.07. The van der Waals surface area contributed by atoms with Gasteiger partial charge in [0.05, 0.1) is 18.1 Å². The number of benzene rings is 1. The number of rotatable bonds is 12. The highest BCUT2D eigenvalue weighted by molar-refractivity contribution is 6.30. The molecule has 4 rings (SSSR count). The second-order valence-electron chi connectivity index (χ2n) is 10.1. The Hall–Kier alpha value is -2.68. The lowest BCUT2D eigenvalue weighted by Gasteiger charge is -2.36. The number of ether oxygens (including phenoxy) is 2. The van der Waals surface area contributed by atoms with E-state index in [1.165, 1.54) is 4.90 Å². The Morgan fingerprint density at radius 3 is 2.62 bits per heavy atom. The minimum Gasteiger partial charge on any atom is -0.465 e. The second kappa shape index (κ2) is 11.0. The molecule has 1 N–H and O–H groups in total. The molecule has 3 aliphatic rings. The number of nitrogens with zero attached hydrogens (tertiary/aromatic N) is 2. The molecule has 5 atom stereocenters. The lowest BCUT2D eigenvalue weighted by molar-refractivity contribution is -0.159. The number of anilines is 1. The molecule has 0 aromatic heterocycles. The van der Waals surface area contributed by atoms with Crippen LogP contribution in [0, 0.1) is 11.8 Å². The van der Waals surface area contributed by atoms with Gasteiger partial charge in [-0.1, -0.05) is 23.8 Å². The van der Waals surface area contributed by atoms with E-state index in [4.69, 9.17) is 21.1 Å². The molecular weight excluding hydrogens is 496 g/mol. The fourth-order valence-corrected chi connectivity index (χ4v) is 6.38. The number of carbonyl (C=O) groups excluding carboxylic acids is 3. The topological polar surface area (TPSA) is 96.4 Å². The van der Waals surface area contributed by atoms with E-state index < -0.39 is 35.0 Å². The van der Waals surface area contributed by atoms with Gasteiger partial charge in [0.2, 0.25) is 5.91 Å². The minimum absolute atomic E-state index is 0.136. The molecular formula is C28H35ClN2O6. The molecule has 3 fully saturated rings. The van der Waals surface area contributed by atoms with Crippen molar-refractivity contribution < 1.29 is 29.0 Å². The van der Waals surface area contributed by atoms with E-state index in [9.17, 15) is 19.5 Å². The smallest absolute Gasteiger partial charge is 0.312 e. The van der Waals surface area contributed by atoms with Crippen LogP contribution >= 0.6 is 11.6 Å². The van der Waals surface area contributed by atoms with Gasteiger partial charge in [0.1, 0.15) is 17.6 Å². The van der Waals surface area contributed by atoms with E-state index in [1.54, 1.807) is 41.3 Å². The molecule has 2 amide bonds. The molecule has 0 radical (unpaired) electrons. The lowest BCUT2D eigenvalue weighted by Crippen LogP contribution is -2.56. The van der Waals surface area contributed by atoms with Crippen LogP contribution in [0.15, 0.2) is 49.6 Å². The summed E-state index contributed by atoms with van der Waals surface area (Å²) in [4.78, 5) is 44.6. The van der Waals surface area contributed by atoms with Crippen molar-refractivity contribution in [2.45, 2.75) is 56.3 Å². The Morgan fingerprint density at radius 1 is 1.24 bits per heavy atom. The first-order valence-electron chi connectivity index (χ1n) is 12.8. The van der Waals surface area contributed by atoms with Gasteiger partial charge in [-0.3, -0.25) is 14.4 Å². The number of esters is 1. The zero-order chi connectivity index (χ0) is 26.8. The number of unbranched alkanes of at least 4 members (excludes halogenated alkanes) is 1. The summed E-state index contributed by atoms with van der Waals surface area (Å²) in [5, 5.41) is 10.1. The molecule has 3 saturated heterocycles. The Balaban J connectivity index is 1.71. The first-order chi connectivity index (χ1) is 17.7. The van der Waals surface area contributed by atoms with Crippen molar-refractivity contribution in [3.63, 3.8) is 0 Å². The minimum atomic E-state index is -1.16. The Labute approximate surface area is 222 Å². The first-order valence-corrected chi connectivity index (χ1v) is 13.2. The van der Waals surface area contributed by atoms with Crippen LogP contribution in [0.4, 0.5) is 5.69 Å². The van der Waals surface area contributed by atoms with Crippen LogP contribution < -0.4 is 4.90 Å². The maximum absolute atomic E-state index is 14.3. The molecule has 3 aliphatic heterocycles. The average Bonchev–Trinajstić information content (AvgIpc) is 3.44. The van der Waals surface area contributed by atoms with Crippen LogP contribution in [0.2, 0.25) is 5.02 Å². The zero-order valence-electron chi connectivity index (χ0n) is 21.2. The van der Waals surface area contributed by atoms with Crippen molar-refractivity contribution >= 4 is 35.1 Å². The standard InChI is InChI=1S/C28H35ClN2O6/c1-4-6-7-18-36-26(35)22-21-24(33)31(16-8-17-32)23(28(21)14-13-27(22,3)37-28)25(34)30(15-5-2)20-11-9-19(29)10-12-20/h4-5,9-12,21-23,32H,1-2,6-8,13-18H2,3H3/t21-,22-,23?,27+,28?/m0/s1. The SMILES string of the molecule is C=CCCCOC(=O)[C@@H]1[C@H]2C(=O)N(CCCO)C(C(=O)N(CC=C)c3ccc(Cl)cc3)C23CC[C@@]1(C)O3. The van der Waals surface area contributed by atoms with Crippen LogP contribution in [-0.4, -0.2) is 71.3 Å². The molecule has 2 unspecified atom stereocenters. The number of allylic oxidation sites excluding steroid dienone is 1. The summed E-state index contributed by atoms with van der Waals surface area (Å²) < 4.78 is 12.2. The molecule has 8 nitrogen and oxygen atoms in total. The summed E-state index contributed by atoms with van der Waals surface area (Å²) in [5.41, 5.74) is -1.45. The predicted molar refractivity (Wildman–Crippen MR) is 140 cm³/mol. The molecule has 3 heterocycles. The third kappa shape index (κ3) is 4.71. The molecule has 2 bridgehead atoms. The van der Waals surface area contributed by atoms with E-state index in [2.05, 4.69) is 13.2 Å². The summed E-state index contributed by atoms with van der Waals surface area (Å²) in [5.74, 6) is -2.74. The third-order valence-electron chi connectivity index (χ3n) is 7.83. The molecule has 1 spiro atoms. The van der Waals surface area contributed by atoms with Crippen LogP contribution in [0.25, 0.3) is 0 Å². The van der Waals surface area contributed by atoms with E-state index in [-0.39, 0.29) is 38.1 Å². The van der Waals surface area contributed by atoms with E-state index >= 15 is 0 Å². The highest BCUT2D eigenvalue weighted by atomic mass is 35.5. The number of halogens is 1. The summed E-state index contributed by atoms with van der Waals surface area (Å²) in [6.45, 7) is 9.80. The van der Waals surface area contributed by atoms with Crippen molar-refractivity contribution in [1.82, 2.24) is 4.90 Å². The van der Waals surface area contributed by atoms with Gasteiger partial charge in [-0.2, -0.15) is 0 Å². The Kier molecular flexibility index (Phi) is 8.11. The number of aliphatic hydroxyl groups excluding tert-OH is 1. The Bertz CT molecular complexity index is 1060. The molecule has 9 heteroatoms. The van der Waals surface area contributed by atoms with E-state index in [0.29, 0.717) is 42.8 Å². The van der Waals surface area contributed by atoms with Crippen molar-refractivity contribution in [2.75, 3.05) is 31.2 Å². The van der Waals surface area contributed by atoms with Crippen LogP contribution in [0.3, 0.4) is 0 Å². The van der Waals surface area contributed by atoms with Crippen LogP contribution in [0.5, 0.6) is 0 Å². The number of likely N-dealkylation sites (tertiary alicyclic amines) is 1. The van der Waals surface area contributed by atoms with Crippen molar-refractivity contribution in [3.8, 4) is 0 Å². The first kappa shape index (κ1) is 27.4. The van der Waals surface area contributed by atoms with Crippen LogP contribution in [-0.2, 0) is 23.9 Å². The second-order valence-corrected chi connectivity index (χ2v) is 10.6. The van der Waals surface area contributed by atoms with Gasteiger partial charge in [0.25, 0.3) is 5.91 Å². The van der Waals surface area contributed by atoms with Crippen molar-refractivity contribution in [1.29, 1.82) is 0 Å². The predicted octanol–water partition coefficient (Wildman–Crippen LogP) is 3.52. The lowest BCUT2D eigenvalue weighted by atomic mass is 9.66. The normalized spacial score (nSPS) is 29.8. The van der Waals surface area contributed by atoms with Crippen molar-refractivity contribution in [2.24, 2.45) is 11.8 Å². The van der Waals surface area contributed by atoms with Gasteiger partial charge >= 0.3 is 5.97 Å². The molecule has 0 aliphatic carbocycles. The summed E-state index contributed by atoms with van der Waals surface area (Å²) in [6.07, 6.45) is 6.04. The number of carbonyl (C=O) groups is 3. The van der Waals surface area contributed by atoms with Gasteiger partial charge < -0.3 is 24.4 Å². The van der Waals surface area contributed by atoms with Gasteiger partial charge in [-0.05, 0) is 63.3 Å². The fourth-order valence-electron chi connectivity index (χ4n) is 6.25. The molecule has 1 aromatic rings. The largest absolute Gasteiger partial charge is 0.465 e. The third-order valence-corrected chi connectivity index (χ3v) is 8.09. The van der Waals surface area contributed by atoms with Gasteiger partial charge in [0.15, 0.2) is 0 Å². The highest BCUT2D eigenvalue weighted by Gasteiger charge is 2.78. The number of hydrogen-bond donors (Lipinski definition) is 1. The van der Waals surface area contributed by atoms with Gasteiger partial charge in [-0.15, -0.1) is 13.2 Å². The highest BCUT2D eigenvalue weighted by Crippen LogP contribution is 2.63. The molecule has 37 heavy (non-hydrogen) atoms. The maximum Gasteiger partial charge on any atom is 0.312 e. The average molecular weight is 531 g/mol. The van der Waals surface area contributed by atoms with Crippen molar-refractivity contribution in [3.05, 3.63) is 54.6 Å². The summed E-state index contributed by atoms with van der Waals surface area (Å²) in [6, 6.07) is 5.92. The molecule has 200 valence electrons. The quantitative estimate of drug-likeness (QED) is 0.252. The number of amides is 2. The van der Waals surface area contributed by atoms with E-state index in [0.717, 1.165) is 0 Å². The summed E-state index contributed by atoms with van der Waals surface area (Å²) in [7, 11) is 0. The van der Waals surface area contributed by atoms with E-state index in [1.807, 2.05) is 6.92 Å². The monoisotopic (exact) mass is 530 g/mol. The maximum atomic E-state index is 14.3. The van der Waals surface area contributed by atoms with Crippen LogP contribution in [0.1, 0.15) is 39.0 Å². The zero-order valence-corrected chi connectivity index (χ0v) is 22.0. The Morgan fingerprint density at radius 2 is 1.97 bits per heavy atom. The van der Waals surface area contributed by atoms with Gasteiger partial charge in [0, 0.05) is 30.4 Å².